The van der Waals surface area contributed by atoms with Crippen molar-refractivity contribution < 1.29 is 22.8 Å². The third kappa shape index (κ3) is 3.08. The maximum atomic E-state index is 11.9. The maximum Gasteiger partial charge on any atom is 0.471 e. The topological polar surface area (TPSA) is 75.4 Å². The van der Waals surface area contributed by atoms with Gasteiger partial charge in [0.2, 0.25) is 5.91 Å². The monoisotopic (exact) mass is 225 g/mol. The summed E-state index contributed by atoms with van der Waals surface area (Å²) in [4.78, 5) is 21.6. The second-order valence-electron chi connectivity index (χ2n) is 3.25. The number of carbonyl (C=O) groups excluding carboxylic acids is 2. The van der Waals surface area contributed by atoms with Gasteiger partial charge in [-0.05, 0) is 0 Å². The highest BCUT2D eigenvalue weighted by molar-refractivity contribution is 5.82. The quantitative estimate of drug-likeness (QED) is 0.635. The van der Waals surface area contributed by atoms with Crippen molar-refractivity contribution in [2.75, 3.05) is 19.6 Å². The highest BCUT2D eigenvalue weighted by atomic mass is 19.4. The van der Waals surface area contributed by atoms with E-state index >= 15 is 0 Å². The van der Waals surface area contributed by atoms with Crippen LogP contribution in [0.3, 0.4) is 0 Å². The highest BCUT2D eigenvalue weighted by Gasteiger charge is 2.46. The number of nitrogens with one attached hydrogen (secondary N) is 1. The maximum absolute atomic E-state index is 11.9. The van der Waals surface area contributed by atoms with E-state index in [0.717, 1.165) is 0 Å². The fourth-order valence-electron chi connectivity index (χ4n) is 1.20. The van der Waals surface area contributed by atoms with Gasteiger partial charge in [0.25, 0.3) is 0 Å². The second-order valence-corrected chi connectivity index (χ2v) is 3.25. The molecule has 0 aromatic carbocycles. The molecule has 0 aromatic heterocycles. The van der Waals surface area contributed by atoms with Crippen LogP contribution in [0, 0.1) is 0 Å². The van der Waals surface area contributed by atoms with E-state index in [2.05, 4.69) is 5.32 Å². The molecule has 3 N–H and O–H groups in total. The molecule has 0 atom stereocenters. The predicted octanol–water partition coefficient (Wildman–Crippen LogP) is -1.17. The standard InChI is InChI=1S/C7H10F3N3O2/c8-7(9,10)6(15)13-2-4(3-13)12-1-5(11)14/h4,12H,1-3H2,(H2,11,14). The summed E-state index contributed by atoms with van der Waals surface area (Å²) in [5.74, 6) is -2.43. The lowest BCUT2D eigenvalue weighted by molar-refractivity contribution is -0.190. The number of nitrogens with two attached hydrogens (primary N) is 1. The summed E-state index contributed by atoms with van der Waals surface area (Å²) in [5, 5.41) is 2.62. The van der Waals surface area contributed by atoms with Crippen LogP contribution in [-0.4, -0.2) is 48.6 Å². The number of amides is 2. The van der Waals surface area contributed by atoms with Crippen LogP contribution in [0.25, 0.3) is 0 Å². The van der Waals surface area contributed by atoms with Crippen LogP contribution >= 0.6 is 0 Å². The van der Waals surface area contributed by atoms with Gasteiger partial charge in [-0.3, -0.25) is 9.59 Å². The summed E-state index contributed by atoms with van der Waals surface area (Å²) in [6, 6.07) is -0.288. The molecule has 15 heavy (non-hydrogen) atoms. The van der Waals surface area contributed by atoms with E-state index in [4.69, 9.17) is 5.73 Å². The van der Waals surface area contributed by atoms with Crippen LogP contribution in [0.5, 0.6) is 0 Å². The van der Waals surface area contributed by atoms with Crippen LogP contribution in [0.4, 0.5) is 13.2 Å². The Bertz CT molecular complexity index is 273. The molecule has 1 rings (SSSR count). The molecule has 1 aliphatic rings. The van der Waals surface area contributed by atoms with Gasteiger partial charge in [-0.1, -0.05) is 0 Å². The van der Waals surface area contributed by atoms with Crippen molar-refractivity contribution >= 4 is 11.8 Å². The van der Waals surface area contributed by atoms with E-state index in [9.17, 15) is 22.8 Å². The molecule has 2 amide bonds. The minimum atomic E-state index is -4.82. The Hall–Kier alpha value is -1.31. The van der Waals surface area contributed by atoms with Crippen molar-refractivity contribution in [1.29, 1.82) is 0 Å². The lowest BCUT2D eigenvalue weighted by Gasteiger charge is -2.39. The number of nitrogens with zero attached hydrogens (tertiary/aromatic N) is 1. The molecule has 0 aromatic rings. The Labute approximate surface area is 83.4 Å². The first-order valence-electron chi connectivity index (χ1n) is 4.18. The van der Waals surface area contributed by atoms with Gasteiger partial charge in [0.05, 0.1) is 6.54 Å². The molecule has 0 unspecified atom stereocenters. The fourth-order valence-corrected chi connectivity index (χ4v) is 1.20. The molecule has 0 aliphatic carbocycles. The van der Waals surface area contributed by atoms with Gasteiger partial charge in [-0.15, -0.1) is 0 Å². The van der Waals surface area contributed by atoms with Crippen LogP contribution < -0.4 is 11.1 Å². The summed E-state index contributed by atoms with van der Waals surface area (Å²) in [7, 11) is 0. The minimum absolute atomic E-state index is 0.0500. The number of hydrogen-bond acceptors (Lipinski definition) is 3. The smallest absolute Gasteiger partial charge is 0.369 e. The first-order chi connectivity index (χ1) is 6.80. The van der Waals surface area contributed by atoms with E-state index < -0.39 is 18.0 Å². The number of primary amides is 1. The largest absolute Gasteiger partial charge is 0.471 e. The lowest BCUT2D eigenvalue weighted by Crippen LogP contribution is -2.63. The first kappa shape index (κ1) is 11.8. The first-order valence-corrected chi connectivity index (χ1v) is 4.18. The van der Waals surface area contributed by atoms with Crippen molar-refractivity contribution in [3.05, 3.63) is 0 Å². The van der Waals surface area contributed by atoms with Crippen molar-refractivity contribution in [2.24, 2.45) is 5.73 Å². The third-order valence-corrected chi connectivity index (χ3v) is 1.98. The lowest BCUT2D eigenvalue weighted by atomic mass is 10.1. The molecule has 5 nitrogen and oxygen atoms in total. The molecular weight excluding hydrogens is 215 g/mol. The Kier molecular flexibility index (Phi) is 3.18. The zero-order chi connectivity index (χ0) is 11.6. The van der Waals surface area contributed by atoms with Crippen LogP contribution in [0.1, 0.15) is 0 Å². The number of alkyl halides is 3. The summed E-state index contributed by atoms with van der Waals surface area (Å²) in [6.45, 7) is -0.198. The van der Waals surface area contributed by atoms with Gasteiger partial charge in [0.1, 0.15) is 0 Å². The van der Waals surface area contributed by atoms with E-state index in [1.807, 2.05) is 0 Å². The van der Waals surface area contributed by atoms with E-state index in [1.165, 1.54) is 0 Å². The second kappa shape index (κ2) is 4.05. The Morgan fingerprint density at radius 1 is 1.40 bits per heavy atom. The Morgan fingerprint density at radius 3 is 2.33 bits per heavy atom. The number of likely N-dealkylation sites (tertiary alicyclic amines) is 1. The summed E-state index contributed by atoms with van der Waals surface area (Å²) in [6.07, 6.45) is -4.82. The molecule has 0 radical (unpaired) electrons. The van der Waals surface area contributed by atoms with E-state index in [1.54, 1.807) is 0 Å². The molecule has 1 fully saturated rings. The summed E-state index contributed by atoms with van der Waals surface area (Å²) < 4.78 is 35.6. The van der Waals surface area contributed by atoms with Crippen LogP contribution in [-0.2, 0) is 9.59 Å². The molecule has 0 bridgehead atoms. The minimum Gasteiger partial charge on any atom is -0.369 e. The van der Waals surface area contributed by atoms with Crippen molar-refractivity contribution in [1.82, 2.24) is 10.2 Å². The average molecular weight is 225 g/mol. The van der Waals surface area contributed by atoms with Gasteiger partial charge in [-0.2, -0.15) is 13.2 Å². The Balaban J connectivity index is 2.26. The predicted molar refractivity (Wildman–Crippen MR) is 43.6 cm³/mol. The van der Waals surface area contributed by atoms with Crippen LogP contribution in [0.2, 0.25) is 0 Å². The third-order valence-electron chi connectivity index (χ3n) is 1.98. The highest BCUT2D eigenvalue weighted by Crippen LogP contribution is 2.21. The SMILES string of the molecule is NC(=O)CNC1CN(C(=O)C(F)(F)F)C1. The van der Waals surface area contributed by atoms with E-state index in [0.29, 0.717) is 4.90 Å². The average Bonchev–Trinajstić information content (AvgIpc) is 1.98. The molecule has 1 heterocycles. The van der Waals surface area contributed by atoms with Crippen LogP contribution in [0.15, 0.2) is 0 Å². The number of halogens is 3. The van der Waals surface area contributed by atoms with E-state index in [-0.39, 0.29) is 25.7 Å². The van der Waals surface area contributed by atoms with Crippen molar-refractivity contribution in [3.63, 3.8) is 0 Å². The molecule has 8 heteroatoms. The molecule has 86 valence electrons. The molecular formula is C7H10F3N3O2. The normalized spacial score (nSPS) is 17.4. The van der Waals surface area contributed by atoms with Crippen molar-refractivity contribution in [3.8, 4) is 0 Å². The number of rotatable bonds is 3. The van der Waals surface area contributed by atoms with Gasteiger partial charge >= 0.3 is 12.1 Å². The van der Waals surface area contributed by atoms with Gasteiger partial charge in [-0.25, -0.2) is 0 Å². The molecule has 0 spiro atoms. The molecule has 1 aliphatic heterocycles. The zero-order valence-corrected chi connectivity index (χ0v) is 7.67. The zero-order valence-electron chi connectivity index (χ0n) is 7.67. The van der Waals surface area contributed by atoms with Crippen molar-refractivity contribution in [2.45, 2.75) is 12.2 Å². The van der Waals surface area contributed by atoms with Gasteiger partial charge in [0, 0.05) is 19.1 Å². The molecule has 1 saturated heterocycles. The molecule has 0 saturated carbocycles. The fraction of sp³-hybridized carbons (Fsp3) is 0.714. The summed E-state index contributed by atoms with van der Waals surface area (Å²) in [5.41, 5.74) is 4.82. The number of carbonyl (C=O) groups is 2. The number of hydrogen-bond donors (Lipinski definition) is 2. The van der Waals surface area contributed by atoms with Gasteiger partial charge in [0.15, 0.2) is 0 Å². The Morgan fingerprint density at radius 2 is 1.93 bits per heavy atom. The summed E-state index contributed by atoms with van der Waals surface area (Å²) >= 11 is 0. The van der Waals surface area contributed by atoms with Gasteiger partial charge < -0.3 is 16.0 Å².